The van der Waals surface area contributed by atoms with Gasteiger partial charge in [-0.2, -0.15) is 5.10 Å². The molecule has 0 saturated heterocycles. The molecule has 2 N–H and O–H groups in total. The van der Waals surface area contributed by atoms with Crippen molar-refractivity contribution < 1.29 is 5.11 Å². The molecule has 0 unspecified atom stereocenters. The highest BCUT2D eigenvalue weighted by atomic mass is 16.3. The molecule has 1 aromatic heterocycles. The topological polar surface area (TPSA) is 61.8 Å². The molecule has 4 nitrogen and oxygen atoms in total. The molecular weight excluding hydrogens is 190 g/mol. The van der Waals surface area contributed by atoms with E-state index in [1.807, 2.05) is 19.9 Å². The van der Waals surface area contributed by atoms with Crippen LogP contribution in [0, 0.1) is 0 Å². The summed E-state index contributed by atoms with van der Waals surface area (Å²) < 4.78 is 0. The van der Waals surface area contributed by atoms with Crippen LogP contribution in [0.1, 0.15) is 25.6 Å². The van der Waals surface area contributed by atoms with Crippen molar-refractivity contribution in [2.75, 3.05) is 0 Å². The van der Waals surface area contributed by atoms with E-state index in [1.165, 1.54) is 0 Å². The van der Waals surface area contributed by atoms with Crippen LogP contribution in [0.25, 0.3) is 11.4 Å². The third-order valence-electron chi connectivity index (χ3n) is 2.15. The van der Waals surface area contributed by atoms with Gasteiger partial charge in [0.15, 0.2) is 5.82 Å². The van der Waals surface area contributed by atoms with Crippen molar-refractivity contribution in [3.8, 4) is 17.1 Å². The summed E-state index contributed by atoms with van der Waals surface area (Å²) in [5.74, 6) is 2.02. The molecule has 78 valence electrons. The van der Waals surface area contributed by atoms with Crippen molar-refractivity contribution in [3.05, 3.63) is 30.1 Å². The first-order valence-electron chi connectivity index (χ1n) is 4.88. The van der Waals surface area contributed by atoms with Gasteiger partial charge in [-0.3, -0.25) is 5.10 Å². The number of phenolic OH excluding ortho intramolecular Hbond substituents is 1. The lowest BCUT2D eigenvalue weighted by Gasteiger charge is -1.96. The normalized spacial score (nSPS) is 10.9. The number of hydrogen-bond donors (Lipinski definition) is 2. The Morgan fingerprint density at radius 1 is 1.33 bits per heavy atom. The first-order valence-corrected chi connectivity index (χ1v) is 4.88. The van der Waals surface area contributed by atoms with E-state index >= 15 is 0 Å². The van der Waals surface area contributed by atoms with Crippen LogP contribution in [0.4, 0.5) is 0 Å². The number of H-pyrrole nitrogens is 1. The number of nitrogens with one attached hydrogen (secondary N) is 1. The SMILES string of the molecule is CC(C)c1nc(-c2cccc(O)c2)n[nH]1. The van der Waals surface area contributed by atoms with Crippen LogP contribution in [0.15, 0.2) is 24.3 Å². The van der Waals surface area contributed by atoms with Gasteiger partial charge in [0.1, 0.15) is 11.6 Å². The number of phenols is 1. The van der Waals surface area contributed by atoms with Crippen molar-refractivity contribution in [2.45, 2.75) is 19.8 Å². The Kier molecular flexibility index (Phi) is 2.41. The monoisotopic (exact) mass is 203 g/mol. The summed E-state index contributed by atoms with van der Waals surface area (Å²) in [6, 6.07) is 6.91. The standard InChI is InChI=1S/C11H13N3O/c1-7(2)10-12-11(14-13-10)8-4-3-5-9(15)6-8/h3-7,15H,1-2H3,(H,12,13,14). The van der Waals surface area contributed by atoms with Crippen LogP contribution in [0.5, 0.6) is 5.75 Å². The van der Waals surface area contributed by atoms with Gasteiger partial charge in [0.25, 0.3) is 0 Å². The van der Waals surface area contributed by atoms with E-state index in [2.05, 4.69) is 15.2 Å². The fourth-order valence-corrected chi connectivity index (χ4v) is 1.31. The number of rotatable bonds is 2. The van der Waals surface area contributed by atoms with Crippen LogP contribution in [0.2, 0.25) is 0 Å². The highest BCUT2D eigenvalue weighted by Gasteiger charge is 2.08. The minimum Gasteiger partial charge on any atom is -0.508 e. The molecular formula is C11H13N3O. The van der Waals surface area contributed by atoms with Gasteiger partial charge in [0.05, 0.1) is 0 Å². The zero-order chi connectivity index (χ0) is 10.8. The highest BCUT2D eigenvalue weighted by molar-refractivity contribution is 5.56. The fraction of sp³-hybridized carbons (Fsp3) is 0.273. The van der Waals surface area contributed by atoms with E-state index in [0.29, 0.717) is 11.7 Å². The van der Waals surface area contributed by atoms with Gasteiger partial charge in [-0.05, 0) is 12.1 Å². The molecule has 0 radical (unpaired) electrons. The van der Waals surface area contributed by atoms with Crippen molar-refractivity contribution in [3.63, 3.8) is 0 Å². The third-order valence-corrected chi connectivity index (χ3v) is 2.15. The largest absolute Gasteiger partial charge is 0.508 e. The second-order valence-corrected chi connectivity index (χ2v) is 3.75. The van der Waals surface area contributed by atoms with Gasteiger partial charge in [0, 0.05) is 11.5 Å². The predicted molar refractivity (Wildman–Crippen MR) is 57.6 cm³/mol. The molecule has 0 bridgehead atoms. The van der Waals surface area contributed by atoms with E-state index < -0.39 is 0 Å². The molecule has 4 heteroatoms. The van der Waals surface area contributed by atoms with Crippen LogP contribution in [-0.4, -0.2) is 20.3 Å². The molecule has 0 aliphatic rings. The zero-order valence-electron chi connectivity index (χ0n) is 8.73. The van der Waals surface area contributed by atoms with E-state index in [1.54, 1.807) is 18.2 Å². The highest BCUT2D eigenvalue weighted by Crippen LogP contribution is 2.20. The number of aromatic nitrogens is 3. The molecule has 0 atom stereocenters. The molecule has 1 aromatic carbocycles. The molecule has 0 aliphatic carbocycles. The van der Waals surface area contributed by atoms with Gasteiger partial charge < -0.3 is 5.11 Å². The summed E-state index contributed by atoms with van der Waals surface area (Å²) in [4.78, 5) is 4.34. The van der Waals surface area contributed by atoms with Crippen molar-refractivity contribution in [1.82, 2.24) is 15.2 Å². The molecule has 0 spiro atoms. The lowest BCUT2D eigenvalue weighted by molar-refractivity contribution is 0.475. The van der Waals surface area contributed by atoms with Crippen molar-refractivity contribution in [1.29, 1.82) is 0 Å². The smallest absolute Gasteiger partial charge is 0.181 e. The number of hydrogen-bond acceptors (Lipinski definition) is 3. The Morgan fingerprint density at radius 2 is 2.13 bits per heavy atom. The second-order valence-electron chi connectivity index (χ2n) is 3.75. The summed E-state index contributed by atoms with van der Waals surface area (Å²) in [6.07, 6.45) is 0. The van der Waals surface area contributed by atoms with Crippen molar-refractivity contribution in [2.24, 2.45) is 0 Å². The average molecular weight is 203 g/mol. The molecule has 0 saturated carbocycles. The van der Waals surface area contributed by atoms with Crippen LogP contribution in [0.3, 0.4) is 0 Å². The Bertz CT molecular complexity index is 462. The van der Waals surface area contributed by atoms with E-state index in [-0.39, 0.29) is 5.75 Å². The van der Waals surface area contributed by atoms with Crippen molar-refractivity contribution >= 4 is 0 Å². The van der Waals surface area contributed by atoms with Gasteiger partial charge in [-0.1, -0.05) is 26.0 Å². The molecule has 2 rings (SSSR count). The van der Waals surface area contributed by atoms with Crippen LogP contribution in [-0.2, 0) is 0 Å². The molecule has 15 heavy (non-hydrogen) atoms. The Morgan fingerprint density at radius 3 is 2.73 bits per heavy atom. The van der Waals surface area contributed by atoms with Gasteiger partial charge in [0.2, 0.25) is 0 Å². The maximum atomic E-state index is 9.32. The molecule has 0 fully saturated rings. The van der Waals surface area contributed by atoms with Gasteiger partial charge in [-0.15, -0.1) is 0 Å². The number of aromatic amines is 1. The fourth-order valence-electron chi connectivity index (χ4n) is 1.31. The predicted octanol–water partition coefficient (Wildman–Crippen LogP) is 2.30. The van der Waals surface area contributed by atoms with E-state index in [4.69, 9.17) is 0 Å². The Hall–Kier alpha value is -1.84. The molecule has 1 heterocycles. The first kappa shape index (κ1) is 9.71. The average Bonchev–Trinajstić information content (AvgIpc) is 2.66. The van der Waals surface area contributed by atoms with Gasteiger partial charge in [-0.25, -0.2) is 4.98 Å². The Balaban J connectivity index is 2.37. The van der Waals surface area contributed by atoms with Crippen LogP contribution >= 0.6 is 0 Å². The maximum Gasteiger partial charge on any atom is 0.181 e. The summed E-state index contributed by atoms with van der Waals surface area (Å²) in [5, 5.41) is 16.3. The van der Waals surface area contributed by atoms with Gasteiger partial charge >= 0.3 is 0 Å². The summed E-state index contributed by atoms with van der Waals surface area (Å²) >= 11 is 0. The zero-order valence-corrected chi connectivity index (χ0v) is 8.73. The minimum atomic E-state index is 0.225. The minimum absolute atomic E-state index is 0.225. The molecule has 0 amide bonds. The summed E-state index contributed by atoms with van der Waals surface area (Å²) in [7, 11) is 0. The van der Waals surface area contributed by atoms with E-state index in [9.17, 15) is 5.11 Å². The third kappa shape index (κ3) is 1.98. The first-order chi connectivity index (χ1) is 7.16. The summed E-state index contributed by atoms with van der Waals surface area (Å²) in [6.45, 7) is 4.10. The number of aromatic hydroxyl groups is 1. The Labute approximate surface area is 88.0 Å². The summed E-state index contributed by atoms with van der Waals surface area (Å²) in [5.41, 5.74) is 0.818. The molecule has 2 aromatic rings. The number of benzene rings is 1. The lowest BCUT2D eigenvalue weighted by Crippen LogP contribution is -1.89. The second kappa shape index (κ2) is 3.73. The lowest BCUT2D eigenvalue weighted by atomic mass is 10.2. The quantitative estimate of drug-likeness (QED) is 0.787. The molecule has 0 aliphatic heterocycles. The van der Waals surface area contributed by atoms with Crippen LogP contribution < -0.4 is 0 Å². The maximum absolute atomic E-state index is 9.32. The van der Waals surface area contributed by atoms with E-state index in [0.717, 1.165) is 11.4 Å². The number of nitrogens with zero attached hydrogens (tertiary/aromatic N) is 2.